The fourth-order valence-corrected chi connectivity index (χ4v) is 3.36. The summed E-state index contributed by atoms with van der Waals surface area (Å²) in [5.41, 5.74) is 2.81. The summed E-state index contributed by atoms with van der Waals surface area (Å²) in [5, 5.41) is 0. The third kappa shape index (κ3) is 6.01. The average molecular weight is 420 g/mol. The minimum atomic E-state index is -0.0840. The average Bonchev–Trinajstić information content (AvgIpc) is 2.82. The zero-order valence-corrected chi connectivity index (χ0v) is 18.3. The number of amides is 1. The van der Waals surface area contributed by atoms with Crippen molar-refractivity contribution in [2.75, 3.05) is 27.8 Å². The van der Waals surface area contributed by atoms with Crippen LogP contribution >= 0.6 is 0 Å². The van der Waals surface area contributed by atoms with Crippen LogP contribution in [-0.4, -0.2) is 38.6 Å². The lowest BCUT2D eigenvalue weighted by Gasteiger charge is -2.20. The van der Waals surface area contributed by atoms with Crippen LogP contribution in [0.2, 0.25) is 0 Å². The Kier molecular flexibility index (Phi) is 7.93. The molecule has 5 nitrogen and oxygen atoms in total. The van der Waals surface area contributed by atoms with Gasteiger partial charge in [0, 0.05) is 19.2 Å². The highest BCUT2D eigenvalue weighted by Gasteiger charge is 2.20. The van der Waals surface area contributed by atoms with Gasteiger partial charge < -0.3 is 19.1 Å². The zero-order valence-electron chi connectivity index (χ0n) is 18.3. The number of carbonyl (C=O) groups excluding carboxylic acids is 1. The van der Waals surface area contributed by atoms with Crippen molar-refractivity contribution in [3.8, 4) is 17.2 Å². The predicted octanol–water partition coefficient (Wildman–Crippen LogP) is 4.99. The van der Waals surface area contributed by atoms with Crippen LogP contribution in [0.5, 0.6) is 17.2 Å². The lowest BCUT2D eigenvalue weighted by Crippen LogP contribution is -2.28. The Balaban J connectivity index is 1.69. The van der Waals surface area contributed by atoms with E-state index in [1.54, 1.807) is 31.3 Å². The van der Waals surface area contributed by atoms with Gasteiger partial charge in [0.1, 0.15) is 6.61 Å². The second-order valence-electron chi connectivity index (χ2n) is 7.30. The molecule has 0 aliphatic rings. The van der Waals surface area contributed by atoms with E-state index in [0.29, 0.717) is 36.0 Å². The number of nitrogens with zero attached hydrogens (tertiary/aromatic N) is 1. The van der Waals surface area contributed by atoms with Crippen molar-refractivity contribution < 1.29 is 19.0 Å². The molecule has 0 radical (unpaired) electrons. The molecule has 0 aromatic heterocycles. The van der Waals surface area contributed by atoms with Crippen molar-refractivity contribution in [3.63, 3.8) is 0 Å². The third-order valence-electron chi connectivity index (χ3n) is 5.08. The summed E-state index contributed by atoms with van der Waals surface area (Å²) in [6.07, 6.45) is 1.82. The molecule has 3 aromatic carbocycles. The predicted molar refractivity (Wildman–Crippen MR) is 122 cm³/mol. The van der Waals surface area contributed by atoms with Gasteiger partial charge in [0.2, 0.25) is 5.75 Å². The first-order chi connectivity index (χ1) is 15.1. The first-order valence-corrected chi connectivity index (χ1v) is 10.3. The maximum absolute atomic E-state index is 13.0. The highest BCUT2D eigenvalue weighted by molar-refractivity contribution is 5.95. The second-order valence-corrected chi connectivity index (χ2v) is 7.30. The summed E-state index contributed by atoms with van der Waals surface area (Å²) in [7, 11) is 4.93. The molecule has 0 saturated heterocycles. The van der Waals surface area contributed by atoms with Gasteiger partial charge in [-0.1, -0.05) is 60.7 Å². The minimum Gasteiger partial charge on any atom is -0.493 e. The Hall–Kier alpha value is -3.47. The Morgan fingerprint density at radius 1 is 0.839 bits per heavy atom. The van der Waals surface area contributed by atoms with Crippen LogP contribution in [0.4, 0.5) is 0 Å². The molecule has 0 bridgehead atoms. The molecule has 0 atom stereocenters. The maximum Gasteiger partial charge on any atom is 0.253 e. The van der Waals surface area contributed by atoms with Crippen LogP contribution in [0.25, 0.3) is 0 Å². The number of ether oxygens (including phenoxy) is 3. The first kappa shape index (κ1) is 22.2. The number of rotatable bonds is 10. The minimum absolute atomic E-state index is 0.0840. The van der Waals surface area contributed by atoms with Crippen LogP contribution in [0.1, 0.15) is 27.9 Å². The van der Waals surface area contributed by atoms with Crippen LogP contribution in [0.15, 0.2) is 72.8 Å². The van der Waals surface area contributed by atoms with Gasteiger partial charge in [-0.3, -0.25) is 4.79 Å². The van der Waals surface area contributed by atoms with Crippen molar-refractivity contribution >= 4 is 5.91 Å². The molecule has 3 aromatic rings. The molecule has 0 N–H and O–H groups in total. The van der Waals surface area contributed by atoms with Crippen LogP contribution in [0, 0.1) is 0 Å². The van der Waals surface area contributed by atoms with Gasteiger partial charge in [-0.05, 0) is 36.1 Å². The highest BCUT2D eigenvalue weighted by Crippen LogP contribution is 2.39. The lowest BCUT2D eigenvalue weighted by molar-refractivity contribution is 0.0792. The van der Waals surface area contributed by atoms with Crippen LogP contribution in [-0.2, 0) is 13.0 Å². The summed E-state index contributed by atoms with van der Waals surface area (Å²) in [5.74, 6) is 1.34. The quantitative estimate of drug-likeness (QED) is 0.465. The fraction of sp³-hybridized carbons (Fsp3) is 0.269. The standard InChI is InChI=1S/C26H29NO4/c1-27(16-10-15-20-11-6-4-7-12-20)26(28)22-17-23(29-2)25(24(18-22)30-3)31-19-21-13-8-5-9-14-21/h4-9,11-14,17-18H,10,15-16,19H2,1-3H3. The molecule has 0 fully saturated rings. The number of methoxy groups -OCH3 is 2. The van der Waals surface area contributed by atoms with Crippen molar-refractivity contribution in [2.24, 2.45) is 0 Å². The molecule has 0 saturated carbocycles. The van der Waals surface area contributed by atoms with E-state index < -0.39 is 0 Å². The van der Waals surface area contributed by atoms with Gasteiger partial charge in [-0.15, -0.1) is 0 Å². The number of hydrogen-bond acceptors (Lipinski definition) is 4. The lowest BCUT2D eigenvalue weighted by atomic mass is 10.1. The largest absolute Gasteiger partial charge is 0.493 e. The van der Waals surface area contributed by atoms with E-state index in [0.717, 1.165) is 18.4 Å². The van der Waals surface area contributed by atoms with Gasteiger partial charge in [0.15, 0.2) is 11.5 Å². The molecule has 0 aliphatic carbocycles. The molecule has 162 valence electrons. The van der Waals surface area contributed by atoms with E-state index >= 15 is 0 Å². The molecule has 1 amide bonds. The Morgan fingerprint density at radius 3 is 1.94 bits per heavy atom. The summed E-state index contributed by atoms with van der Waals surface area (Å²) in [4.78, 5) is 14.7. The van der Waals surface area contributed by atoms with E-state index in [1.165, 1.54) is 5.56 Å². The molecule has 5 heteroatoms. The van der Waals surface area contributed by atoms with Gasteiger partial charge in [-0.2, -0.15) is 0 Å². The number of carbonyl (C=O) groups is 1. The van der Waals surface area contributed by atoms with E-state index in [2.05, 4.69) is 12.1 Å². The topological polar surface area (TPSA) is 48.0 Å². The summed E-state index contributed by atoms with van der Waals surface area (Å²) >= 11 is 0. The van der Waals surface area contributed by atoms with Crippen LogP contribution < -0.4 is 14.2 Å². The van der Waals surface area contributed by atoms with E-state index in [4.69, 9.17) is 14.2 Å². The Labute approximate surface area is 184 Å². The highest BCUT2D eigenvalue weighted by atomic mass is 16.5. The first-order valence-electron chi connectivity index (χ1n) is 10.3. The summed E-state index contributed by atoms with van der Waals surface area (Å²) < 4.78 is 17.0. The molecular formula is C26H29NO4. The summed E-state index contributed by atoms with van der Waals surface area (Å²) in [6, 6.07) is 23.5. The third-order valence-corrected chi connectivity index (χ3v) is 5.08. The van der Waals surface area contributed by atoms with E-state index in [9.17, 15) is 4.79 Å². The Bertz CT molecular complexity index is 948. The van der Waals surface area contributed by atoms with Crippen molar-refractivity contribution in [1.82, 2.24) is 4.90 Å². The fourth-order valence-electron chi connectivity index (χ4n) is 3.36. The molecule has 0 aliphatic heterocycles. The molecule has 0 spiro atoms. The number of aryl methyl sites for hydroxylation is 1. The molecule has 31 heavy (non-hydrogen) atoms. The van der Waals surface area contributed by atoms with Crippen molar-refractivity contribution in [3.05, 3.63) is 89.5 Å². The van der Waals surface area contributed by atoms with Crippen molar-refractivity contribution in [1.29, 1.82) is 0 Å². The molecule has 0 heterocycles. The number of hydrogen-bond donors (Lipinski definition) is 0. The van der Waals surface area contributed by atoms with Crippen molar-refractivity contribution in [2.45, 2.75) is 19.4 Å². The molecule has 3 rings (SSSR count). The maximum atomic E-state index is 13.0. The van der Waals surface area contributed by atoms with Gasteiger partial charge in [0.05, 0.1) is 14.2 Å². The smallest absolute Gasteiger partial charge is 0.253 e. The Morgan fingerprint density at radius 2 is 1.39 bits per heavy atom. The molecular weight excluding hydrogens is 390 g/mol. The zero-order chi connectivity index (χ0) is 22.1. The monoisotopic (exact) mass is 419 g/mol. The van der Waals surface area contributed by atoms with Crippen LogP contribution in [0.3, 0.4) is 0 Å². The normalized spacial score (nSPS) is 10.4. The second kappa shape index (κ2) is 11.1. The van der Waals surface area contributed by atoms with E-state index in [1.807, 2.05) is 55.6 Å². The van der Waals surface area contributed by atoms with Gasteiger partial charge in [-0.25, -0.2) is 0 Å². The molecule has 0 unspecified atom stereocenters. The van der Waals surface area contributed by atoms with Gasteiger partial charge in [0.25, 0.3) is 5.91 Å². The van der Waals surface area contributed by atoms with Gasteiger partial charge >= 0.3 is 0 Å². The van der Waals surface area contributed by atoms with E-state index in [-0.39, 0.29) is 5.91 Å². The summed E-state index contributed by atoms with van der Waals surface area (Å²) in [6.45, 7) is 1.03. The SMILES string of the molecule is COc1cc(C(=O)N(C)CCCc2ccccc2)cc(OC)c1OCc1ccccc1. The number of benzene rings is 3.